The number of benzene rings is 1. The fourth-order valence-corrected chi connectivity index (χ4v) is 3.02. The maximum atomic E-state index is 5.53. The van der Waals surface area contributed by atoms with E-state index < -0.39 is 0 Å². The van der Waals surface area contributed by atoms with Crippen molar-refractivity contribution in [3.63, 3.8) is 0 Å². The Hall–Kier alpha value is -2.08. The molecule has 0 spiro atoms. The Bertz CT molecular complexity index is 750. The Morgan fingerprint density at radius 1 is 1.43 bits per heavy atom. The highest BCUT2D eigenvalue weighted by atomic mass is 32.1. The quantitative estimate of drug-likeness (QED) is 0.766. The molecule has 1 N–H and O–H groups in total. The van der Waals surface area contributed by atoms with Gasteiger partial charge in [0.2, 0.25) is 5.89 Å². The lowest BCUT2D eigenvalue weighted by molar-refractivity contribution is 0.341. The van der Waals surface area contributed by atoms with Crippen molar-refractivity contribution in [2.24, 2.45) is 0 Å². The summed E-state index contributed by atoms with van der Waals surface area (Å²) in [6, 6.07) is 5.91. The van der Waals surface area contributed by atoms with Gasteiger partial charge in [0.15, 0.2) is 5.13 Å². The van der Waals surface area contributed by atoms with E-state index in [0.29, 0.717) is 12.5 Å². The van der Waals surface area contributed by atoms with Crippen molar-refractivity contribution in [3.05, 3.63) is 36.0 Å². The van der Waals surface area contributed by atoms with Crippen LogP contribution in [0, 0.1) is 6.92 Å². The SMILES string of the molecule is CCOc1ccc2nc(NC(C)c3ncc(C)o3)sc2c1. The van der Waals surface area contributed by atoms with Gasteiger partial charge in [0.05, 0.1) is 23.0 Å². The number of aromatic nitrogens is 2. The third kappa shape index (κ3) is 3.00. The normalized spacial score (nSPS) is 12.5. The van der Waals surface area contributed by atoms with E-state index in [0.717, 1.165) is 26.9 Å². The molecular formula is C15H17N3O2S. The number of aryl methyl sites for hydroxylation is 1. The summed E-state index contributed by atoms with van der Waals surface area (Å²) in [7, 11) is 0. The van der Waals surface area contributed by atoms with E-state index >= 15 is 0 Å². The molecule has 0 amide bonds. The second-order valence-corrected chi connectivity index (χ2v) is 5.79. The molecule has 0 aliphatic rings. The summed E-state index contributed by atoms with van der Waals surface area (Å²) >= 11 is 1.60. The average molecular weight is 303 g/mol. The topological polar surface area (TPSA) is 60.2 Å². The average Bonchev–Trinajstić information content (AvgIpc) is 3.04. The first-order valence-corrected chi connectivity index (χ1v) is 7.69. The second kappa shape index (κ2) is 5.73. The fraction of sp³-hybridized carbons (Fsp3) is 0.333. The summed E-state index contributed by atoms with van der Waals surface area (Å²) in [5.41, 5.74) is 0.960. The van der Waals surface area contributed by atoms with E-state index in [4.69, 9.17) is 9.15 Å². The Balaban J connectivity index is 1.80. The Morgan fingerprint density at radius 3 is 3.00 bits per heavy atom. The predicted molar refractivity (Wildman–Crippen MR) is 84.1 cm³/mol. The monoisotopic (exact) mass is 303 g/mol. The predicted octanol–water partition coefficient (Wildman–Crippen LogP) is 4.16. The van der Waals surface area contributed by atoms with Gasteiger partial charge < -0.3 is 14.5 Å². The van der Waals surface area contributed by atoms with Crippen molar-refractivity contribution >= 4 is 26.7 Å². The van der Waals surface area contributed by atoms with Crippen LogP contribution in [0.1, 0.15) is 31.5 Å². The molecule has 5 nitrogen and oxygen atoms in total. The molecule has 0 aliphatic heterocycles. The molecule has 1 aromatic carbocycles. The van der Waals surface area contributed by atoms with Crippen LogP contribution < -0.4 is 10.1 Å². The highest BCUT2D eigenvalue weighted by Crippen LogP contribution is 2.31. The molecule has 1 unspecified atom stereocenters. The molecule has 6 heteroatoms. The number of anilines is 1. The minimum absolute atomic E-state index is 0.0226. The van der Waals surface area contributed by atoms with Crippen molar-refractivity contribution in [1.29, 1.82) is 0 Å². The molecule has 0 saturated carbocycles. The number of nitrogens with one attached hydrogen (secondary N) is 1. The number of rotatable bonds is 5. The van der Waals surface area contributed by atoms with Gasteiger partial charge in [-0.3, -0.25) is 0 Å². The number of thiazole rings is 1. The van der Waals surface area contributed by atoms with Crippen LogP contribution >= 0.6 is 11.3 Å². The molecule has 0 fully saturated rings. The van der Waals surface area contributed by atoms with Crippen molar-refractivity contribution in [2.75, 3.05) is 11.9 Å². The molecule has 110 valence electrons. The van der Waals surface area contributed by atoms with Crippen LogP contribution in [-0.4, -0.2) is 16.6 Å². The molecule has 0 aliphatic carbocycles. The Morgan fingerprint density at radius 2 is 2.29 bits per heavy atom. The minimum atomic E-state index is -0.0226. The van der Waals surface area contributed by atoms with E-state index in [1.165, 1.54) is 0 Å². The second-order valence-electron chi connectivity index (χ2n) is 4.76. The summed E-state index contributed by atoms with van der Waals surface area (Å²) in [5, 5.41) is 4.17. The summed E-state index contributed by atoms with van der Waals surface area (Å²) in [6.07, 6.45) is 1.72. The lowest BCUT2D eigenvalue weighted by Gasteiger charge is -2.07. The zero-order valence-electron chi connectivity index (χ0n) is 12.2. The van der Waals surface area contributed by atoms with E-state index in [9.17, 15) is 0 Å². The summed E-state index contributed by atoms with van der Waals surface area (Å²) in [6.45, 7) is 6.53. The van der Waals surface area contributed by atoms with Crippen molar-refractivity contribution in [3.8, 4) is 5.75 Å². The number of oxazole rings is 1. The van der Waals surface area contributed by atoms with E-state index in [1.807, 2.05) is 39.0 Å². The van der Waals surface area contributed by atoms with Crippen LogP contribution in [0.15, 0.2) is 28.8 Å². The van der Waals surface area contributed by atoms with Crippen LogP contribution in [0.3, 0.4) is 0 Å². The lowest BCUT2D eigenvalue weighted by Crippen LogP contribution is -2.06. The zero-order chi connectivity index (χ0) is 14.8. The molecule has 0 saturated heterocycles. The van der Waals surface area contributed by atoms with Gasteiger partial charge in [0.1, 0.15) is 17.6 Å². The highest BCUT2D eigenvalue weighted by Gasteiger charge is 2.13. The van der Waals surface area contributed by atoms with Crippen LogP contribution in [0.2, 0.25) is 0 Å². The van der Waals surface area contributed by atoms with E-state index in [-0.39, 0.29) is 6.04 Å². The van der Waals surface area contributed by atoms with Crippen molar-refractivity contribution < 1.29 is 9.15 Å². The van der Waals surface area contributed by atoms with Gasteiger partial charge in [-0.2, -0.15) is 0 Å². The Labute approximate surface area is 127 Å². The maximum Gasteiger partial charge on any atom is 0.216 e. The van der Waals surface area contributed by atoms with Crippen LogP contribution in [0.5, 0.6) is 5.75 Å². The first kappa shape index (κ1) is 13.9. The van der Waals surface area contributed by atoms with Gasteiger partial charge in [-0.25, -0.2) is 9.97 Å². The van der Waals surface area contributed by atoms with Gasteiger partial charge >= 0.3 is 0 Å². The number of hydrogen-bond donors (Lipinski definition) is 1. The highest BCUT2D eigenvalue weighted by molar-refractivity contribution is 7.22. The van der Waals surface area contributed by atoms with E-state index in [2.05, 4.69) is 15.3 Å². The summed E-state index contributed by atoms with van der Waals surface area (Å²) in [4.78, 5) is 8.80. The largest absolute Gasteiger partial charge is 0.494 e. The number of hydrogen-bond acceptors (Lipinski definition) is 6. The third-order valence-corrected chi connectivity index (χ3v) is 3.97. The van der Waals surface area contributed by atoms with Crippen LogP contribution in [-0.2, 0) is 0 Å². The first-order valence-electron chi connectivity index (χ1n) is 6.88. The molecule has 3 rings (SSSR count). The molecular weight excluding hydrogens is 286 g/mol. The molecule has 3 aromatic rings. The van der Waals surface area contributed by atoms with Crippen LogP contribution in [0.4, 0.5) is 5.13 Å². The molecule has 2 heterocycles. The summed E-state index contributed by atoms with van der Waals surface area (Å²) in [5.74, 6) is 2.35. The number of fused-ring (bicyclic) bond motifs is 1. The Kier molecular flexibility index (Phi) is 3.79. The van der Waals surface area contributed by atoms with Gasteiger partial charge in [0.25, 0.3) is 0 Å². The lowest BCUT2D eigenvalue weighted by atomic mass is 10.3. The van der Waals surface area contributed by atoms with Gasteiger partial charge in [0, 0.05) is 0 Å². The van der Waals surface area contributed by atoms with Crippen molar-refractivity contribution in [2.45, 2.75) is 26.8 Å². The summed E-state index contributed by atoms with van der Waals surface area (Å²) < 4.78 is 12.1. The van der Waals surface area contributed by atoms with E-state index in [1.54, 1.807) is 17.5 Å². The minimum Gasteiger partial charge on any atom is -0.494 e. The molecule has 0 bridgehead atoms. The smallest absolute Gasteiger partial charge is 0.216 e. The molecule has 0 radical (unpaired) electrons. The van der Waals surface area contributed by atoms with Crippen LogP contribution in [0.25, 0.3) is 10.2 Å². The molecule has 21 heavy (non-hydrogen) atoms. The third-order valence-electron chi connectivity index (χ3n) is 3.02. The zero-order valence-corrected chi connectivity index (χ0v) is 13.0. The number of nitrogens with zero attached hydrogens (tertiary/aromatic N) is 2. The standard InChI is InChI=1S/C15H17N3O2S/c1-4-19-11-5-6-12-13(7-11)21-15(18-12)17-10(3)14-16-8-9(2)20-14/h5-8,10H,4H2,1-3H3,(H,17,18). The maximum absolute atomic E-state index is 5.53. The fourth-order valence-electron chi connectivity index (χ4n) is 2.04. The first-order chi connectivity index (χ1) is 10.2. The van der Waals surface area contributed by atoms with Gasteiger partial charge in [-0.15, -0.1) is 0 Å². The number of ether oxygens (including phenoxy) is 1. The molecule has 2 aromatic heterocycles. The molecule has 1 atom stereocenters. The van der Waals surface area contributed by atoms with Gasteiger partial charge in [-0.05, 0) is 39.0 Å². The van der Waals surface area contributed by atoms with Gasteiger partial charge in [-0.1, -0.05) is 11.3 Å². The van der Waals surface area contributed by atoms with Crippen molar-refractivity contribution in [1.82, 2.24) is 9.97 Å².